The number of nitrogens with two attached hydrogens (primary N) is 1. The normalized spacial score (nSPS) is 16.6. The lowest BCUT2D eigenvalue weighted by Gasteiger charge is -2.15. The summed E-state index contributed by atoms with van der Waals surface area (Å²) in [6.07, 6.45) is 4.37. The molecule has 4 heteroatoms. The Morgan fingerprint density at radius 2 is 2.19 bits per heavy atom. The van der Waals surface area contributed by atoms with Gasteiger partial charge in [0.25, 0.3) is 0 Å². The van der Waals surface area contributed by atoms with Crippen LogP contribution in [0.15, 0.2) is 18.3 Å². The van der Waals surface area contributed by atoms with Crippen LogP contribution in [0.5, 0.6) is 5.88 Å². The minimum atomic E-state index is 0.479. The average molecular weight is 221 g/mol. The van der Waals surface area contributed by atoms with Gasteiger partial charge in [-0.15, -0.1) is 0 Å². The molecular formula is C12H19N3O. The van der Waals surface area contributed by atoms with Crippen molar-refractivity contribution >= 4 is 0 Å². The Labute approximate surface area is 96.4 Å². The molecule has 1 fully saturated rings. The van der Waals surface area contributed by atoms with Crippen LogP contribution in [0.1, 0.15) is 18.4 Å². The van der Waals surface area contributed by atoms with Crippen LogP contribution in [0.2, 0.25) is 0 Å². The lowest BCUT2D eigenvalue weighted by atomic mass is 10.3. The second-order valence-corrected chi connectivity index (χ2v) is 4.07. The van der Waals surface area contributed by atoms with E-state index in [0.29, 0.717) is 19.0 Å². The SMILES string of the molecule is NCc1cccnc1OCCN1CCCC1. The van der Waals surface area contributed by atoms with Crippen molar-refractivity contribution in [3.8, 4) is 5.88 Å². The highest BCUT2D eigenvalue weighted by atomic mass is 16.5. The first-order valence-corrected chi connectivity index (χ1v) is 5.89. The summed E-state index contributed by atoms with van der Waals surface area (Å²) in [7, 11) is 0. The molecule has 1 aliphatic heterocycles. The molecule has 0 unspecified atom stereocenters. The van der Waals surface area contributed by atoms with E-state index in [4.69, 9.17) is 10.5 Å². The van der Waals surface area contributed by atoms with E-state index >= 15 is 0 Å². The first-order valence-electron chi connectivity index (χ1n) is 5.89. The van der Waals surface area contributed by atoms with Crippen molar-refractivity contribution in [2.75, 3.05) is 26.2 Å². The number of ether oxygens (including phenoxy) is 1. The standard InChI is InChI=1S/C12H19N3O/c13-10-11-4-3-5-14-12(11)16-9-8-15-6-1-2-7-15/h3-5H,1-2,6-10,13H2. The van der Waals surface area contributed by atoms with Crippen molar-refractivity contribution in [2.24, 2.45) is 5.73 Å². The summed E-state index contributed by atoms with van der Waals surface area (Å²) in [4.78, 5) is 6.61. The van der Waals surface area contributed by atoms with Gasteiger partial charge in [-0.25, -0.2) is 4.98 Å². The highest BCUT2D eigenvalue weighted by molar-refractivity contribution is 5.24. The third kappa shape index (κ3) is 2.93. The van der Waals surface area contributed by atoms with E-state index in [0.717, 1.165) is 12.1 Å². The molecule has 1 aliphatic rings. The van der Waals surface area contributed by atoms with Crippen molar-refractivity contribution in [2.45, 2.75) is 19.4 Å². The highest BCUT2D eigenvalue weighted by Crippen LogP contribution is 2.13. The smallest absolute Gasteiger partial charge is 0.217 e. The van der Waals surface area contributed by atoms with Gasteiger partial charge in [0.2, 0.25) is 5.88 Å². The lowest BCUT2D eigenvalue weighted by Crippen LogP contribution is -2.25. The molecule has 1 aromatic rings. The summed E-state index contributed by atoms with van der Waals surface area (Å²) in [5.74, 6) is 0.684. The van der Waals surface area contributed by atoms with Crippen LogP contribution in [0.25, 0.3) is 0 Å². The number of likely N-dealkylation sites (tertiary alicyclic amines) is 1. The molecule has 0 amide bonds. The van der Waals surface area contributed by atoms with Crippen molar-refractivity contribution in [1.82, 2.24) is 9.88 Å². The molecule has 0 bridgehead atoms. The topological polar surface area (TPSA) is 51.4 Å². The van der Waals surface area contributed by atoms with Crippen molar-refractivity contribution in [3.05, 3.63) is 23.9 Å². The fraction of sp³-hybridized carbons (Fsp3) is 0.583. The number of aromatic nitrogens is 1. The Morgan fingerprint density at radius 3 is 2.94 bits per heavy atom. The van der Waals surface area contributed by atoms with Crippen molar-refractivity contribution in [3.63, 3.8) is 0 Å². The molecule has 2 rings (SSSR count). The second kappa shape index (κ2) is 5.82. The molecule has 16 heavy (non-hydrogen) atoms. The zero-order chi connectivity index (χ0) is 11.2. The van der Waals surface area contributed by atoms with Gasteiger partial charge in [0.15, 0.2) is 0 Å². The van der Waals surface area contributed by atoms with Crippen LogP contribution in [-0.2, 0) is 6.54 Å². The minimum Gasteiger partial charge on any atom is -0.476 e. The quantitative estimate of drug-likeness (QED) is 0.806. The first kappa shape index (κ1) is 11.4. The largest absolute Gasteiger partial charge is 0.476 e. The number of hydrogen-bond acceptors (Lipinski definition) is 4. The molecule has 1 aromatic heterocycles. The van der Waals surface area contributed by atoms with Crippen LogP contribution in [0.4, 0.5) is 0 Å². The van der Waals surface area contributed by atoms with E-state index in [9.17, 15) is 0 Å². The van der Waals surface area contributed by atoms with E-state index in [1.807, 2.05) is 12.1 Å². The molecule has 0 radical (unpaired) electrons. The second-order valence-electron chi connectivity index (χ2n) is 4.07. The minimum absolute atomic E-state index is 0.479. The molecule has 2 heterocycles. The van der Waals surface area contributed by atoms with Gasteiger partial charge in [0.05, 0.1) is 0 Å². The predicted octanol–water partition coefficient (Wildman–Crippen LogP) is 1.01. The third-order valence-electron chi connectivity index (χ3n) is 2.91. The summed E-state index contributed by atoms with van der Waals surface area (Å²) in [5.41, 5.74) is 6.59. The zero-order valence-electron chi connectivity index (χ0n) is 9.56. The van der Waals surface area contributed by atoms with E-state index in [2.05, 4.69) is 9.88 Å². The Morgan fingerprint density at radius 1 is 1.38 bits per heavy atom. The summed E-state index contributed by atoms with van der Waals surface area (Å²) in [6, 6.07) is 3.84. The van der Waals surface area contributed by atoms with Gasteiger partial charge < -0.3 is 10.5 Å². The lowest BCUT2D eigenvalue weighted by molar-refractivity contribution is 0.230. The van der Waals surface area contributed by atoms with Gasteiger partial charge in [-0.1, -0.05) is 6.07 Å². The summed E-state index contributed by atoms with van der Waals surface area (Å²) in [5, 5.41) is 0. The molecule has 88 valence electrons. The van der Waals surface area contributed by atoms with Gasteiger partial charge in [-0.05, 0) is 32.0 Å². The molecule has 4 nitrogen and oxygen atoms in total. The number of rotatable bonds is 5. The maximum Gasteiger partial charge on any atom is 0.217 e. The van der Waals surface area contributed by atoms with Gasteiger partial charge in [-0.2, -0.15) is 0 Å². The van der Waals surface area contributed by atoms with Crippen LogP contribution in [0.3, 0.4) is 0 Å². The van der Waals surface area contributed by atoms with Crippen LogP contribution >= 0.6 is 0 Å². The predicted molar refractivity (Wildman–Crippen MR) is 63.3 cm³/mol. The Hall–Kier alpha value is -1.13. The van der Waals surface area contributed by atoms with Crippen LogP contribution in [0, 0.1) is 0 Å². The monoisotopic (exact) mass is 221 g/mol. The molecular weight excluding hydrogens is 202 g/mol. The fourth-order valence-corrected chi connectivity index (χ4v) is 1.99. The van der Waals surface area contributed by atoms with Crippen LogP contribution < -0.4 is 10.5 Å². The van der Waals surface area contributed by atoms with Gasteiger partial charge in [0.1, 0.15) is 6.61 Å². The molecule has 0 aliphatic carbocycles. The molecule has 0 aromatic carbocycles. The van der Waals surface area contributed by atoms with Crippen molar-refractivity contribution < 1.29 is 4.74 Å². The number of pyridine rings is 1. The van der Waals surface area contributed by atoms with E-state index < -0.39 is 0 Å². The number of nitrogens with zero attached hydrogens (tertiary/aromatic N) is 2. The summed E-state index contributed by atoms with van der Waals surface area (Å²) < 4.78 is 5.66. The summed E-state index contributed by atoms with van der Waals surface area (Å²) >= 11 is 0. The molecule has 1 saturated heterocycles. The Bertz CT molecular complexity index is 324. The molecule has 0 spiro atoms. The van der Waals surface area contributed by atoms with Crippen molar-refractivity contribution in [1.29, 1.82) is 0 Å². The van der Waals surface area contributed by atoms with Gasteiger partial charge in [0, 0.05) is 24.8 Å². The van der Waals surface area contributed by atoms with E-state index in [1.54, 1.807) is 6.20 Å². The molecule has 0 saturated carbocycles. The molecule has 0 atom stereocenters. The maximum absolute atomic E-state index is 5.66. The van der Waals surface area contributed by atoms with E-state index in [1.165, 1.54) is 25.9 Å². The molecule has 2 N–H and O–H groups in total. The summed E-state index contributed by atoms with van der Waals surface area (Å²) in [6.45, 7) is 4.57. The third-order valence-corrected chi connectivity index (χ3v) is 2.91. The first-order chi connectivity index (χ1) is 7.90. The zero-order valence-corrected chi connectivity index (χ0v) is 9.56. The fourth-order valence-electron chi connectivity index (χ4n) is 1.99. The van der Waals surface area contributed by atoms with Gasteiger partial charge >= 0.3 is 0 Å². The van der Waals surface area contributed by atoms with E-state index in [-0.39, 0.29) is 0 Å². The van der Waals surface area contributed by atoms with Crippen LogP contribution in [-0.4, -0.2) is 36.1 Å². The highest BCUT2D eigenvalue weighted by Gasteiger charge is 2.11. The number of hydrogen-bond donors (Lipinski definition) is 1. The Balaban J connectivity index is 1.79. The van der Waals surface area contributed by atoms with Gasteiger partial charge in [-0.3, -0.25) is 4.90 Å². The average Bonchev–Trinajstić information content (AvgIpc) is 2.83. The maximum atomic E-state index is 5.66. The Kier molecular flexibility index (Phi) is 4.13.